The fraction of sp³-hybridized carbons (Fsp3) is 0.280. The molecule has 0 saturated heterocycles. The molecule has 3 rings (SSSR count). The number of nitrogens with zero attached hydrogens (tertiary/aromatic N) is 2. The fourth-order valence-electron chi connectivity index (χ4n) is 3.21. The second kappa shape index (κ2) is 8.36. The normalized spacial score (nSPS) is 11.1. The lowest BCUT2D eigenvalue weighted by atomic mass is 9.85. The maximum atomic E-state index is 12.1. The highest BCUT2D eigenvalue weighted by atomic mass is 16.5. The van der Waals surface area contributed by atoms with Gasteiger partial charge in [-0.15, -0.1) is 0 Å². The summed E-state index contributed by atoms with van der Waals surface area (Å²) in [4.78, 5) is 13.7. The van der Waals surface area contributed by atoms with Gasteiger partial charge in [0.2, 0.25) is 0 Å². The van der Waals surface area contributed by atoms with Crippen LogP contribution in [0.3, 0.4) is 0 Å². The highest BCUT2D eigenvalue weighted by molar-refractivity contribution is 6.00. The standard InChI is InChI=1S/C25H26N2O2/c1-5-27(4)24(28)16-29-23-15-14-20(21-8-6-7-9-22(21)23)18-10-12-19(13-11-18)25(2,3)17-26/h6-15H,5,16H2,1-4H3. The van der Waals surface area contributed by atoms with Gasteiger partial charge in [0, 0.05) is 19.0 Å². The fourth-order valence-corrected chi connectivity index (χ4v) is 3.21. The van der Waals surface area contributed by atoms with E-state index in [0.717, 1.165) is 27.5 Å². The monoisotopic (exact) mass is 386 g/mol. The molecule has 0 saturated carbocycles. The van der Waals surface area contributed by atoms with Crippen LogP contribution in [0.25, 0.3) is 21.9 Å². The lowest BCUT2D eigenvalue weighted by Gasteiger charge is -2.18. The van der Waals surface area contributed by atoms with E-state index >= 15 is 0 Å². The second-order valence-corrected chi connectivity index (χ2v) is 7.67. The molecule has 148 valence electrons. The number of likely N-dealkylation sites (N-methyl/N-ethyl adjacent to an activating group) is 1. The molecule has 0 heterocycles. The van der Waals surface area contributed by atoms with Gasteiger partial charge in [0.25, 0.3) is 5.91 Å². The van der Waals surface area contributed by atoms with E-state index in [0.29, 0.717) is 12.3 Å². The Morgan fingerprint density at radius 3 is 2.31 bits per heavy atom. The first-order valence-electron chi connectivity index (χ1n) is 9.78. The molecule has 3 aromatic carbocycles. The lowest BCUT2D eigenvalue weighted by molar-refractivity contribution is -0.131. The highest BCUT2D eigenvalue weighted by Crippen LogP contribution is 2.35. The molecule has 0 aliphatic rings. The van der Waals surface area contributed by atoms with Crippen LogP contribution in [0.4, 0.5) is 0 Å². The Hall–Kier alpha value is -3.32. The third-order valence-electron chi connectivity index (χ3n) is 5.33. The maximum absolute atomic E-state index is 12.1. The number of hydrogen-bond acceptors (Lipinski definition) is 3. The van der Waals surface area contributed by atoms with E-state index in [4.69, 9.17) is 4.74 Å². The summed E-state index contributed by atoms with van der Waals surface area (Å²) in [6.07, 6.45) is 0. The van der Waals surface area contributed by atoms with Gasteiger partial charge in [0.1, 0.15) is 5.75 Å². The Labute approximate surface area is 172 Å². The summed E-state index contributed by atoms with van der Waals surface area (Å²) in [5, 5.41) is 11.4. The summed E-state index contributed by atoms with van der Waals surface area (Å²) in [5.74, 6) is 0.654. The third kappa shape index (κ3) is 4.25. The number of fused-ring (bicyclic) bond motifs is 1. The first-order chi connectivity index (χ1) is 13.9. The highest BCUT2D eigenvalue weighted by Gasteiger charge is 2.19. The quantitative estimate of drug-likeness (QED) is 0.588. The molecule has 0 radical (unpaired) electrons. The number of carbonyl (C=O) groups excluding carboxylic acids is 1. The molecule has 0 spiro atoms. The predicted octanol–water partition coefficient (Wildman–Crippen LogP) is 5.17. The van der Waals surface area contributed by atoms with Crippen molar-refractivity contribution in [2.45, 2.75) is 26.2 Å². The number of rotatable bonds is 6. The number of hydrogen-bond donors (Lipinski definition) is 0. The molecule has 4 heteroatoms. The molecule has 0 bridgehead atoms. The molecule has 1 amide bonds. The molecule has 4 nitrogen and oxygen atoms in total. The Bertz CT molecular complexity index is 1060. The SMILES string of the molecule is CCN(C)C(=O)COc1ccc(-c2ccc(C(C)(C)C#N)cc2)c2ccccc12. The number of carbonyl (C=O) groups is 1. The minimum atomic E-state index is -0.517. The molecule has 3 aromatic rings. The van der Waals surface area contributed by atoms with Gasteiger partial charge in [-0.3, -0.25) is 4.79 Å². The van der Waals surface area contributed by atoms with Crippen LogP contribution in [0.1, 0.15) is 26.3 Å². The van der Waals surface area contributed by atoms with E-state index in [-0.39, 0.29) is 12.5 Å². The summed E-state index contributed by atoms with van der Waals surface area (Å²) in [7, 11) is 1.77. The molecular weight excluding hydrogens is 360 g/mol. The van der Waals surface area contributed by atoms with Crippen molar-refractivity contribution in [2.75, 3.05) is 20.2 Å². The van der Waals surface area contributed by atoms with Crippen LogP contribution >= 0.6 is 0 Å². The smallest absolute Gasteiger partial charge is 0.260 e. The van der Waals surface area contributed by atoms with Crippen LogP contribution in [-0.2, 0) is 10.2 Å². The van der Waals surface area contributed by atoms with Crippen molar-refractivity contribution in [3.63, 3.8) is 0 Å². The van der Waals surface area contributed by atoms with E-state index in [1.165, 1.54) is 0 Å². The third-order valence-corrected chi connectivity index (χ3v) is 5.33. The number of amides is 1. The van der Waals surface area contributed by atoms with Crippen LogP contribution < -0.4 is 4.74 Å². The predicted molar refractivity (Wildman–Crippen MR) is 117 cm³/mol. The average molecular weight is 386 g/mol. The van der Waals surface area contributed by atoms with Crippen LogP contribution in [0.2, 0.25) is 0 Å². The molecule has 0 aliphatic carbocycles. The van der Waals surface area contributed by atoms with Gasteiger partial charge in [-0.25, -0.2) is 0 Å². The first kappa shape index (κ1) is 20.4. The van der Waals surface area contributed by atoms with E-state index in [1.54, 1.807) is 11.9 Å². The second-order valence-electron chi connectivity index (χ2n) is 7.67. The summed E-state index contributed by atoms with van der Waals surface area (Å²) in [6.45, 7) is 6.44. The van der Waals surface area contributed by atoms with Gasteiger partial charge in [-0.05, 0) is 48.9 Å². The van der Waals surface area contributed by atoms with Gasteiger partial charge in [0.05, 0.1) is 11.5 Å². The largest absolute Gasteiger partial charge is 0.483 e. The van der Waals surface area contributed by atoms with E-state index in [9.17, 15) is 10.1 Å². The average Bonchev–Trinajstić information content (AvgIpc) is 2.76. The van der Waals surface area contributed by atoms with Crippen LogP contribution in [0, 0.1) is 11.3 Å². The van der Waals surface area contributed by atoms with Crippen molar-refractivity contribution in [2.24, 2.45) is 0 Å². The topological polar surface area (TPSA) is 53.3 Å². The Balaban J connectivity index is 1.95. The minimum Gasteiger partial charge on any atom is -0.483 e. The summed E-state index contributed by atoms with van der Waals surface area (Å²) < 4.78 is 5.85. The minimum absolute atomic E-state index is 0.0195. The van der Waals surface area contributed by atoms with Gasteiger partial charge < -0.3 is 9.64 Å². The van der Waals surface area contributed by atoms with Crippen LogP contribution in [-0.4, -0.2) is 31.0 Å². The zero-order valence-corrected chi connectivity index (χ0v) is 17.4. The summed E-state index contributed by atoms with van der Waals surface area (Å²) in [6, 6.07) is 22.5. The molecule has 0 atom stereocenters. The van der Waals surface area contributed by atoms with Crippen molar-refractivity contribution in [3.05, 3.63) is 66.2 Å². The lowest BCUT2D eigenvalue weighted by Crippen LogP contribution is -2.31. The van der Waals surface area contributed by atoms with Gasteiger partial charge in [-0.2, -0.15) is 5.26 Å². The van der Waals surface area contributed by atoms with Crippen molar-refractivity contribution in [3.8, 4) is 22.9 Å². The number of nitriles is 1. The summed E-state index contributed by atoms with van der Waals surface area (Å²) in [5.41, 5.74) is 2.64. The maximum Gasteiger partial charge on any atom is 0.260 e. The van der Waals surface area contributed by atoms with Crippen LogP contribution in [0.15, 0.2) is 60.7 Å². The van der Waals surface area contributed by atoms with Gasteiger partial charge in [-0.1, -0.05) is 54.6 Å². The van der Waals surface area contributed by atoms with E-state index in [2.05, 4.69) is 24.3 Å². The molecule has 29 heavy (non-hydrogen) atoms. The van der Waals surface area contributed by atoms with Crippen molar-refractivity contribution in [1.82, 2.24) is 4.90 Å². The van der Waals surface area contributed by atoms with Crippen LogP contribution in [0.5, 0.6) is 5.75 Å². The van der Waals surface area contributed by atoms with Crippen molar-refractivity contribution in [1.29, 1.82) is 5.26 Å². The first-order valence-corrected chi connectivity index (χ1v) is 9.78. The Morgan fingerprint density at radius 1 is 1.03 bits per heavy atom. The molecular formula is C25H26N2O2. The number of ether oxygens (including phenoxy) is 1. The van der Waals surface area contributed by atoms with Crippen molar-refractivity contribution >= 4 is 16.7 Å². The van der Waals surface area contributed by atoms with Gasteiger partial charge >= 0.3 is 0 Å². The molecule has 0 fully saturated rings. The van der Waals surface area contributed by atoms with E-state index < -0.39 is 5.41 Å². The summed E-state index contributed by atoms with van der Waals surface area (Å²) >= 11 is 0. The molecule has 0 N–H and O–H groups in total. The zero-order valence-electron chi connectivity index (χ0n) is 17.4. The van der Waals surface area contributed by atoms with E-state index in [1.807, 2.05) is 63.2 Å². The Morgan fingerprint density at radius 2 is 1.69 bits per heavy atom. The van der Waals surface area contributed by atoms with Gasteiger partial charge in [0.15, 0.2) is 6.61 Å². The zero-order chi connectivity index (χ0) is 21.0. The number of benzene rings is 3. The molecule has 0 unspecified atom stereocenters. The Kier molecular flexibility index (Phi) is 5.89. The van der Waals surface area contributed by atoms with Crippen molar-refractivity contribution < 1.29 is 9.53 Å². The molecule has 0 aromatic heterocycles. The molecule has 0 aliphatic heterocycles.